The standard InChI is InChI=1S/C28H42N8O4/c1-6-10-20-15-36(34-33-20)21-14-23(27(39)31-22(25(29)37)13-19-11-8-7-9-12-19)35(16-21)28(40)24(17(2)3)32-26(38)18(4)30-5/h7-9,11-12,15,17-18,21-24,30H,6,10,13-14,16H2,1-5H3,(H2,29,37)(H,31,39)(H,32,38)/t18-,21-,22-,23-,24-/m0/s1. The minimum atomic E-state index is -0.953. The Morgan fingerprint density at radius 2 is 1.80 bits per heavy atom. The summed E-state index contributed by atoms with van der Waals surface area (Å²) in [5.74, 6) is -2.08. The Morgan fingerprint density at radius 1 is 1.10 bits per heavy atom. The maximum atomic E-state index is 13.9. The number of nitrogens with one attached hydrogen (secondary N) is 3. The summed E-state index contributed by atoms with van der Waals surface area (Å²) in [6.45, 7) is 7.64. The molecule has 1 aliphatic heterocycles. The average molecular weight is 555 g/mol. The Kier molecular flexibility index (Phi) is 10.8. The van der Waals surface area contributed by atoms with Gasteiger partial charge in [-0.05, 0) is 31.9 Å². The second-order valence-electron chi connectivity index (χ2n) is 10.7. The lowest BCUT2D eigenvalue weighted by molar-refractivity contribution is -0.143. The average Bonchev–Trinajstić information content (AvgIpc) is 3.58. The molecule has 0 radical (unpaired) electrons. The van der Waals surface area contributed by atoms with Crippen LogP contribution in [0.1, 0.15) is 57.8 Å². The van der Waals surface area contributed by atoms with Gasteiger partial charge in [0.2, 0.25) is 23.6 Å². The van der Waals surface area contributed by atoms with E-state index in [2.05, 4.69) is 33.2 Å². The van der Waals surface area contributed by atoms with Gasteiger partial charge in [0.25, 0.3) is 0 Å². The molecule has 0 bridgehead atoms. The molecule has 0 spiro atoms. The molecule has 218 valence electrons. The predicted octanol–water partition coefficient (Wildman–Crippen LogP) is 0.334. The topological polar surface area (TPSA) is 164 Å². The maximum Gasteiger partial charge on any atom is 0.246 e. The minimum Gasteiger partial charge on any atom is -0.368 e. The first kappa shape index (κ1) is 30.7. The first-order valence-corrected chi connectivity index (χ1v) is 13.9. The van der Waals surface area contributed by atoms with Gasteiger partial charge >= 0.3 is 0 Å². The highest BCUT2D eigenvalue weighted by Gasteiger charge is 2.44. The van der Waals surface area contributed by atoms with E-state index < -0.39 is 36.0 Å². The fraction of sp³-hybridized carbons (Fsp3) is 0.571. The lowest BCUT2D eigenvalue weighted by Gasteiger charge is -2.31. The predicted molar refractivity (Wildman–Crippen MR) is 150 cm³/mol. The second kappa shape index (κ2) is 14.0. The summed E-state index contributed by atoms with van der Waals surface area (Å²) >= 11 is 0. The van der Waals surface area contributed by atoms with Crippen molar-refractivity contribution < 1.29 is 19.2 Å². The summed E-state index contributed by atoms with van der Waals surface area (Å²) in [5.41, 5.74) is 7.33. The molecule has 5 atom stereocenters. The van der Waals surface area contributed by atoms with Crippen LogP contribution in [0.15, 0.2) is 36.5 Å². The quantitative estimate of drug-likeness (QED) is 0.277. The van der Waals surface area contributed by atoms with Gasteiger partial charge in [0.15, 0.2) is 0 Å². The van der Waals surface area contributed by atoms with E-state index in [4.69, 9.17) is 5.73 Å². The van der Waals surface area contributed by atoms with Crippen molar-refractivity contribution in [1.29, 1.82) is 0 Å². The first-order valence-electron chi connectivity index (χ1n) is 13.9. The van der Waals surface area contributed by atoms with E-state index in [1.54, 1.807) is 18.7 Å². The van der Waals surface area contributed by atoms with Gasteiger partial charge in [0.05, 0.1) is 17.8 Å². The Bertz CT molecular complexity index is 1170. The number of likely N-dealkylation sites (tertiary alicyclic amines) is 1. The van der Waals surface area contributed by atoms with Crippen LogP contribution in [-0.4, -0.2) is 81.3 Å². The van der Waals surface area contributed by atoms with Gasteiger partial charge in [-0.1, -0.05) is 62.7 Å². The van der Waals surface area contributed by atoms with E-state index in [1.807, 2.05) is 50.4 Å². The number of amides is 4. The molecular formula is C28H42N8O4. The van der Waals surface area contributed by atoms with Gasteiger partial charge in [0, 0.05) is 25.6 Å². The van der Waals surface area contributed by atoms with Crippen LogP contribution in [0.25, 0.3) is 0 Å². The second-order valence-corrected chi connectivity index (χ2v) is 10.7. The van der Waals surface area contributed by atoms with Gasteiger partial charge in [0.1, 0.15) is 18.1 Å². The Hall–Kier alpha value is -3.80. The zero-order valence-electron chi connectivity index (χ0n) is 24.0. The van der Waals surface area contributed by atoms with E-state index in [0.717, 1.165) is 24.1 Å². The third kappa shape index (κ3) is 7.65. The SMILES string of the molecule is CCCc1cn([C@H]2C[C@@H](C(=O)N[C@@H](Cc3ccccc3)C(N)=O)N(C(=O)[C@@H](NC(=O)[C@H](C)NC)C(C)C)C2)nn1. The number of likely N-dealkylation sites (N-methyl/N-ethyl adjacent to an activating group) is 1. The van der Waals surface area contributed by atoms with E-state index in [-0.39, 0.29) is 43.2 Å². The van der Waals surface area contributed by atoms with Crippen LogP contribution in [-0.2, 0) is 32.0 Å². The highest BCUT2D eigenvalue weighted by molar-refractivity contribution is 5.95. The van der Waals surface area contributed by atoms with Crippen LogP contribution < -0.4 is 21.7 Å². The fourth-order valence-corrected chi connectivity index (χ4v) is 4.80. The van der Waals surface area contributed by atoms with Crippen molar-refractivity contribution in [3.63, 3.8) is 0 Å². The molecule has 12 nitrogen and oxygen atoms in total. The summed E-state index contributed by atoms with van der Waals surface area (Å²) in [6, 6.07) is 5.75. The molecule has 1 fully saturated rings. The smallest absolute Gasteiger partial charge is 0.246 e. The molecular weight excluding hydrogens is 512 g/mol. The van der Waals surface area contributed by atoms with Crippen molar-refractivity contribution in [2.45, 2.75) is 83.6 Å². The Morgan fingerprint density at radius 3 is 2.40 bits per heavy atom. The molecule has 3 rings (SSSR count). The molecule has 2 aromatic rings. The number of nitrogens with two attached hydrogens (primary N) is 1. The third-order valence-electron chi connectivity index (χ3n) is 7.30. The third-order valence-corrected chi connectivity index (χ3v) is 7.30. The monoisotopic (exact) mass is 554 g/mol. The number of nitrogens with zero attached hydrogens (tertiary/aromatic N) is 4. The zero-order valence-corrected chi connectivity index (χ0v) is 24.0. The van der Waals surface area contributed by atoms with E-state index >= 15 is 0 Å². The zero-order chi connectivity index (χ0) is 29.4. The summed E-state index contributed by atoms with van der Waals surface area (Å²) in [4.78, 5) is 54.0. The van der Waals surface area contributed by atoms with Crippen molar-refractivity contribution >= 4 is 23.6 Å². The molecule has 2 heterocycles. The van der Waals surface area contributed by atoms with Crippen LogP contribution in [0.2, 0.25) is 0 Å². The van der Waals surface area contributed by atoms with Crippen LogP contribution in [0.4, 0.5) is 0 Å². The lowest BCUT2D eigenvalue weighted by atomic mass is 10.0. The number of hydrogen-bond donors (Lipinski definition) is 4. The maximum absolute atomic E-state index is 13.9. The van der Waals surface area contributed by atoms with Gasteiger partial charge in [-0.3, -0.25) is 19.2 Å². The highest BCUT2D eigenvalue weighted by atomic mass is 16.2. The van der Waals surface area contributed by atoms with E-state index in [0.29, 0.717) is 0 Å². The molecule has 1 aromatic carbocycles. The normalized spacial score (nSPS) is 19.2. The van der Waals surface area contributed by atoms with Crippen molar-refractivity contribution in [1.82, 2.24) is 35.8 Å². The molecule has 0 unspecified atom stereocenters. The first-order chi connectivity index (χ1) is 19.0. The molecule has 1 aromatic heterocycles. The van der Waals surface area contributed by atoms with Gasteiger partial charge < -0.3 is 26.6 Å². The molecule has 40 heavy (non-hydrogen) atoms. The van der Waals surface area contributed by atoms with E-state index in [1.165, 1.54) is 4.90 Å². The molecule has 0 saturated carbocycles. The summed E-state index contributed by atoms with van der Waals surface area (Å²) in [5, 5.41) is 17.0. The van der Waals surface area contributed by atoms with Crippen LogP contribution in [0.5, 0.6) is 0 Å². The summed E-state index contributed by atoms with van der Waals surface area (Å²) in [6.07, 6.45) is 4.02. The van der Waals surface area contributed by atoms with Gasteiger partial charge in [-0.15, -0.1) is 5.10 Å². The Labute approximate surface area is 235 Å². The van der Waals surface area contributed by atoms with Gasteiger partial charge in [-0.2, -0.15) is 0 Å². The molecule has 1 saturated heterocycles. The van der Waals surface area contributed by atoms with E-state index in [9.17, 15) is 19.2 Å². The number of aryl methyl sites for hydroxylation is 1. The van der Waals surface area contributed by atoms with Crippen LogP contribution in [0.3, 0.4) is 0 Å². The van der Waals surface area contributed by atoms with Crippen LogP contribution in [0, 0.1) is 5.92 Å². The molecule has 4 amide bonds. The molecule has 5 N–H and O–H groups in total. The largest absolute Gasteiger partial charge is 0.368 e. The van der Waals surface area contributed by atoms with Crippen molar-refractivity contribution in [3.8, 4) is 0 Å². The number of hydrogen-bond acceptors (Lipinski definition) is 7. The number of primary amides is 1. The minimum absolute atomic E-state index is 0.201. The van der Waals surface area contributed by atoms with Crippen LogP contribution >= 0.6 is 0 Å². The van der Waals surface area contributed by atoms with Crippen molar-refractivity contribution in [2.24, 2.45) is 11.7 Å². The molecule has 0 aliphatic carbocycles. The number of benzene rings is 1. The fourth-order valence-electron chi connectivity index (χ4n) is 4.80. The molecule has 1 aliphatic rings. The van der Waals surface area contributed by atoms with Crippen molar-refractivity contribution in [2.75, 3.05) is 13.6 Å². The number of carbonyl (C=O) groups is 4. The number of aromatic nitrogens is 3. The number of carbonyl (C=O) groups excluding carboxylic acids is 4. The number of rotatable bonds is 13. The molecule has 12 heteroatoms. The summed E-state index contributed by atoms with van der Waals surface area (Å²) < 4.78 is 1.69. The van der Waals surface area contributed by atoms with Gasteiger partial charge in [-0.25, -0.2) is 4.68 Å². The lowest BCUT2D eigenvalue weighted by Crippen LogP contribution is -2.58. The summed E-state index contributed by atoms with van der Waals surface area (Å²) in [7, 11) is 1.66. The Balaban J connectivity index is 1.87. The highest BCUT2D eigenvalue weighted by Crippen LogP contribution is 2.29. The van der Waals surface area contributed by atoms with Crippen molar-refractivity contribution in [3.05, 3.63) is 47.8 Å².